The number of carbonyl (C=O) groups is 1. The van der Waals surface area contributed by atoms with E-state index >= 15 is 0 Å². The van der Waals surface area contributed by atoms with E-state index in [4.69, 9.17) is 4.52 Å². The molecule has 0 unspecified atom stereocenters. The van der Waals surface area contributed by atoms with E-state index in [1.807, 2.05) is 66.8 Å². The van der Waals surface area contributed by atoms with E-state index in [1.165, 1.54) is 0 Å². The molecule has 1 atom stereocenters. The molecule has 3 aromatic rings. The molecule has 4 rings (SSSR count). The van der Waals surface area contributed by atoms with E-state index in [0.29, 0.717) is 6.42 Å². The first-order chi connectivity index (χ1) is 13.0. The van der Waals surface area contributed by atoms with Gasteiger partial charge in [-0.1, -0.05) is 23.4 Å². The highest BCUT2D eigenvalue weighted by Gasteiger charge is 2.33. The van der Waals surface area contributed by atoms with Crippen molar-refractivity contribution in [2.24, 2.45) is 0 Å². The Morgan fingerprint density at radius 2 is 2.00 bits per heavy atom. The van der Waals surface area contributed by atoms with Crippen LogP contribution in [0.2, 0.25) is 0 Å². The third kappa shape index (κ3) is 3.27. The second-order valence-electron chi connectivity index (χ2n) is 7.19. The molecule has 0 bridgehead atoms. The highest BCUT2D eigenvalue weighted by Crippen LogP contribution is 2.33. The maximum atomic E-state index is 13.1. The number of hydrogen-bond donors (Lipinski definition) is 0. The summed E-state index contributed by atoms with van der Waals surface area (Å²) in [5.41, 5.74) is 4.77. The van der Waals surface area contributed by atoms with Gasteiger partial charge in [-0.2, -0.15) is 5.10 Å². The molecular formula is C21H24N4O2. The van der Waals surface area contributed by atoms with Crippen molar-refractivity contribution in [3.8, 4) is 5.69 Å². The minimum Gasteiger partial charge on any atom is -0.359 e. The van der Waals surface area contributed by atoms with Gasteiger partial charge in [0.2, 0.25) is 5.91 Å². The second kappa shape index (κ2) is 7.02. The Hall–Kier alpha value is -2.89. The molecule has 27 heavy (non-hydrogen) atoms. The summed E-state index contributed by atoms with van der Waals surface area (Å²) in [5.74, 6) is 0.900. The molecule has 6 nitrogen and oxygen atoms in total. The van der Waals surface area contributed by atoms with Gasteiger partial charge in [-0.25, -0.2) is 4.68 Å². The van der Waals surface area contributed by atoms with Gasteiger partial charge < -0.3 is 9.42 Å². The fourth-order valence-corrected chi connectivity index (χ4v) is 3.91. The average molecular weight is 364 g/mol. The second-order valence-corrected chi connectivity index (χ2v) is 7.19. The topological polar surface area (TPSA) is 64.2 Å². The molecule has 2 aromatic heterocycles. The van der Waals surface area contributed by atoms with Gasteiger partial charge in [-0.3, -0.25) is 4.79 Å². The van der Waals surface area contributed by atoms with Crippen LogP contribution >= 0.6 is 0 Å². The predicted octanol–water partition coefficient (Wildman–Crippen LogP) is 3.69. The SMILES string of the molecule is Cc1cc([C@H]2CCCN2C(=O)Cc2c(C)nn(-c3ccccc3)c2C)on1. The molecule has 140 valence electrons. The molecule has 1 aromatic carbocycles. The van der Waals surface area contributed by atoms with Crippen LogP contribution in [0.4, 0.5) is 0 Å². The third-order valence-electron chi connectivity index (χ3n) is 5.32. The number of benzene rings is 1. The first-order valence-corrected chi connectivity index (χ1v) is 9.38. The summed E-state index contributed by atoms with van der Waals surface area (Å²) in [6.45, 7) is 6.65. The zero-order valence-corrected chi connectivity index (χ0v) is 16.0. The monoisotopic (exact) mass is 364 g/mol. The number of likely N-dealkylation sites (tertiary alicyclic amines) is 1. The summed E-state index contributed by atoms with van der Waals surface area (Å²) < 4.78 is 7.34. The Labute approximate surface area is 158 Å². The molecular weight excluding hydrogens is 340 g/mol. The van der Waals surface area contributed by atoms with Gasteiger partial charge in [-0.05, 0) is 45.7 Å². The maximum absolute atomic E-state index is 13.1. The predicted molar refractivity (Wildman–Crippen MR) is 102 cm³/mol. The Balaban J connectivity index is 1.57. The van der Waals surface area contributed by atoms with Crippen molar-refractivity contribution in [2.45, 2.75) is 46.1 Å². The molecule has 1 fully saturated rings. The molecule has 0 N–H and O–H groups in total. The maximum Gasteiger partial charge on any atom is 0.227 e. The lowest BCUT2D eigenvalue weighted by Crippen LogP contribution is -2.32. The molecule has 0 radical (unpaired) electrons. The number of carbonyl (C=O) groups excluding carboxylic acids is 1. The van der Waals surface area contributed by atoms with Gasteiger partial charge >= 0.3 is 0 Å². The summed E-state index contributed by atoms with van der Waals surface area (Å²) in [5, 5.41) is 8.64. The lowest BCUT2D eigenvalue weighted by atomic mass is 10.1. The fraction of sp³-hybridized carbons (Fsp3) is 0.381. The number of aryl methyl sites for hydroxylation is 2. The molecule has 0 spiro atoms. The van der Waals surface area contributed by atoms with E-state index in [2.05, 4.69) is 10.3 Å². The summed E-state index contributed by atoms with van der Waals surface area (Å²) in [7, 11) is 0. The van der Waals surface area contributed by atoms with E-state index in [1.54, 1.807) is 0 Å². The zero-order valence-electron chi connectivity index (χ0n) is 16.0. The first-order valence-electron chi connectivity index (χ1n) is 9.38. The van der Waals surface area contributed by atoms with Crippen molar-refractivity contribution in [1.82, 2.24) is 19.8 Å². The largest absolute Gasteiger partial charge is 0.359 e. The highest BCUT2D eigenvalue weighted by molar-refractivity contribution is 5.80. The fourth-order valence-electron chi connectivity index (χ4n) is 3.91. The van der Waals surface area contributed by atoms with E-state index in [-0.39, 0.29) is 11.9 Å². The number of rotatable bonds is 4. The molecule has 1 saturated heterocycles. The highest BCUT2D eigenvalue weighted by atomic mass is 16.5. The van der Waals surface area contributed by atoms with Crippen LogP contribution in [0.1, 0.15) is 47.3 Å². The van der Waals surface area contributed by atoms with Crippen LogP contribution < -0.4 is 0 Å². The number of aromatic nitrogens is 3. The third-order valence-corrected chi connectivity index (χ3v) is 5.32. The molecule has 0 saturated carbocycles. The van der Waals surface area contributed by atoms with Gasteiger partial charge in [0.25, 0.3) is 0 Å². The van der Waals surface area contributed by atoms with E-state index in [9.17, 15) is 4.79 Å². The Morgan fingerprint density at radius 3 is 2.70 bits per heavy atom. The Kier molecular flexibility index (Phi) is 4.56. The smallest absolute Gasteiger partial charge is 0.227 e. The molecule has 6 heteroatoms. The standard InChI is InChI=1S/C21H24N4O2/c1-14-12-20(27-23-14)19-10-7-11-24(19)21(26)13-18-15(2)22-25(16(18)3)17-8-5-4-6-9-17/h4-6,8-9,12,19H,7,10-11,13H2,1-3H3/t19-/m1/s1. The lowest BCUT2D eigenvalue weighted by Gasteiger charge is -2.22. The molecule has 1 amide bonds. The summed E-state index contributed by atoms with van der Waals surface area (Å²) in [6.07, 6.45) is 2.26. The van der Waals surface area contributed by atoms with Gasteiger partial charge in [0.05, 0.1) is 29.5 Å². The minimum absolute atomic E-state index is 0.0107. The van der Waals surface area contributed by atoms with E-state index in [0.717, 1.165) is 53.5 Å². The lowest BCUT2D eigenvalue weighted by molar-refractivity contribution is -0.131. The van der Waals surface area contributed by atoms with Gasteiger partial charge in [0.15, 0.2) is 5.76 Å². The number of hydrogen-bond acceptors (Lipinski definition) is 4. The zero-order chi connectivity index (χ0) is 19.0. The van der Waals surface area contributed by atoms with Gasteiger partial charge in [0, 0.05) is 23.9 Å². The van der Waals surface area contributed by atoms with Gasteiger partial charge in [0.1, 0.15) is 0 Å². The van der Waals surface area contributed by atoms with Crippen LogP contribution in [0.5, 0.6) is 0 Å². The molecule has 0 aliphatic carbocycles. The molecule has 3 heterocycles. The van der Waals surface area contributed by atoms with Crippen molar-refractivity contribution >= 4 is 5.91 Å². The van der Waals surface area contributed by atoms with Gasteiger partial charge in [-0.15, -0.1) is 0 Å². The minimum atomic E-state index is -0.0107. The number of nitrogens with zero attached hydrogens (tertiary/aromatic N) is 4. The summed E-state index contributed by atoms with van der Waals surface area (Å²) >= 11 is 0. The normalized spacial score (nSPS) is 16.9. The van der Waals surface area contributed by atoms with Crippen LogP contribution in [-0.4, -0.2) is 32.3 Å². The average Bonchev–Trinajstić information content (AvgIpc) is 3.37. The Bertz CT molecular complexity index is 958. The van der Waals surface area contributed by atoms with Crippen molar-refractivity contribution in [2.75, 3.05) is 6.54 Å². The van der Waals surface area contributed by atoms with Crippen molar-refractivity contribution in [3.05, 3.63) is 64.8 Å². The molecule has 1 aliphatic rings. The quantitative estimate of drug-likeness (QED) is 0.708. The number of para-hydroxylation sites is 1. The van der Waals surface area contributed by atoms with Crippen molar-refractivity contribution < 1.29 is 9.32 Å². The van der Waals surface area contributed by atoms with E-state index < -0.39 is 0 Å². The van der Waals surface area contributed by atoms with Crippen LogP contribution in [0.25, 0.3) is 5.69 Å². The summed E-state index contributed by atoms with van der Waals surface area (Å²) in [4.78, 5) is 15.0. The van der Waals surface area contributed by atoms with Crippen LogP contribution in [0, 0.1) is 20.8 Å². The molecule has 1 aliphatic heterocycles. The van der Waals surface area contributed by atoms with Crippen molar-refractivity contribution in [3.63, 3.8) is 0 Å². The first kappa shape index (κ1) is 17.5. The van der Waals surface area contributed by atoms with Crippen LogP contribution in [0.3, 0.4) is 0 Å². The van der Waals surface area contributed by atoms with Crippen LogP contribution in [-0.2, 0) is 11.2 Å². The van der Waals surface area contributed by atoms with Crippen molar-refractivity contribution in [1.29, 1.82) is 0 Å². The number of amides is 1. The van der Waals surface area contributed by atoms with Crippen LogP contribution in [0.15, 0.2) is 40.9 Å². The Morgan fingerprint density at radius 1 is 1.22 bits per heavy atom. The summed E-state index contributed by atoms with van der Waals surface area (Å²) in [6, 6.07) is 11.9.